The van der Waals surface area contributed by atoms with Gasteiger partial charge in [-0.25, -0.2) is 0 Å². The van der Waals surface area contributed by atoms with Crippen LogP contribution < -0.4 is 49.5 Å². The van der Waals surface area contributed by atoms with Gasteiger partial charge in [-0.05, 0) is 80.7 Å². The number of nitrogens with zero attached hydrogens (tertiary/aromatic N) is 2. The maximum atomic E-state index is 14.0. The summed E-state index contributed by atoms with van der Waals surface area (Å²) in [5, 5.41) is 41.3. The maximum Gasteiger partial charge on any atom is 0.269 e. The molecule has 15 N–H and O–H groups in total. The standard InChI is InChI=1S/C39H60N12O9/c1-23(2)19-31(36(56)48-30(7-4-5-17-40)35(55)47-29(34(42)54)8-6-18-45-39(43)44)49-37(57)32(21-25-9-13-26(14-10-25)51(59)60)46-33(53)22-50(3)38(58)28(41)20-24-11-15-27(52)16-12-24/h9-16,23,28-32,52H,4-8,17-22,40-41H2,1-3H3,(H2,42,54)(H,46,53)(H,47,55)(H,48,56)(H,49,57)(H4,43,44,45)/t28-,29+,30+,31-,32-/m0/s1. The number of phenolic OH excluding ortho intramolecular Hbond substituents is 1. The summed E-state index contributed by atoms with van der Waals surface area (Å²) < 4.78 is 0. The average molecular weight is 841 g/mol. The van der Waals surface area contributed by atoms with E-state index in [4.69, 9.17) is 28.3 Å². The van der Waals surface area contributed by atoms with Gasteiger partial charge in [0.15, 0.2) is 5.96 Å². The molecule has 5 atom stereocenters. The molecule has 0 heterocycles. The number of nitrogens with one attached hydrogen (secondary N) is 6. The summed E-state index contributed by atoms with van der Waals surface area (Å²) in [5.41, 5.74) is 23.6. The molecular formula is C39H60N12O9. The Kier molecular flexibility index (Phi) is 20.9. The van der Waals surface area contributed by atoms with Crippen molar-refractivity contribution in [2.75, 3.05) is 26.7 Å². The van der Waals surface area contributed by atoms with Crippen LogP contribution in [0.4, 0.5) is 5.69 Å². The topological polar surface area (TPSA) is 357 Å². The monoisotopic (exact) mass is 840 g/mol. The van der Waals surface area contributed by atoms with E-state index < -0.39 is 77.1 Å². The molecule has 2 aromatic rings. The molecule has 0 aliphatic heterocycles. The van der Waals surface area contributed by atoms with E-state index in [0.717, 1.165) is 4.90 Å². The van der Waals surface area contributed by atoms with Crippen molar-refractivity contribution < 1.29 is 38.8 Å². The zero-order chi connectivity index (χ0) is 44.9. The van der Waals surface area contributed by atoms with Crippen molar-refractivity contribution in [3.05, 3.63) is 69.8 Å². The van der Waals surface area contributed by atoms with Crippen LogP contribution in [0, 0.1) is 21.4 Å². The Morgan fingerprint density at radius 2 is 1.32 bits per heavy atom. The molecule has 0 fully saturated rings. The third kappa shape index (κ3) is 18.1. The van der Waals surface area contributed by atoms with Crippen LogP contribution in [0.15, 0.2) is 48.5 Å². The number of rotatable bonds is 26. The second-order valence-electron chi connectivity index (χ2n) is 14.9. The van der Waals surface area contributed by atoms with E-state index in [1.165, 1.54) is 43.4 Å². The van der Waals surface area contributed by atoms with E-state index in [0.29, 0.717) is 36.9 Å². The minimum atomic E-state index is -1.34. The Labute approximate surface area is 348 Å². The lowest BCUT2D eigenvalue weighted by Gasteiger charge is -2.27. The smallest absolute Gasteiger partial charge is 0.269 e. The first-order chi connectivity index (χ1) is 28.3. The molecule has 330 valence electrons. The Bertz CT molecular complexity index is 1780. The number of benzene rings is 2. The summed E-state index contributed by atoms with van der Waals surface area (Å²) in [6.45, 7) is 3.69. The van der Waals surface area contributed by atoms with Crippen LogP contribution in [0.25, 0.3) is 0 Å². The van der Waals surface area contributed by atoms with E-state index in [-0.39, 0.29) is 62.0 Å². The third-order valence-electron chi connectivity index (χ3n) is 9.27. The summed E-state index contributed by atoms with van der Waals surface area (Å²) in [6, 6.07) is 5.62. The maximum absolute atomic E-state index is 14.0. The number of nitro benzene ring substituents is 1. The number of nitrogens with two attached hydrogens (primary N) is 4. The summed E-state index contributed by atoms with van der Waals surface area (Å²) in [5.74, 6) is -4.69. The quantitative estimate of drug-likeness (QED) is 0.0173. The molecule has 2 aromatic carbocycles. The van der Waals surface area contributed by atoms with Gasteiger partial charge in [0.1, 0.15) is 29.9 Å². The number of hydrogen-bond donors (Lipinski definition) is 11. The molecular weight excluding hydrogens is 781 g/mol. The van der Waals surface area contributed by atoms with Gasteiger partial charge in [-0.15, -0.1) is 0 Å². The molecule has 0 bridgehead atoms. The summed E-state index contributed by atoms with van der Waals surface area (Å²) in [7, 11) is 1.37. The van der Waals surface area contributed by atoms with E-state index in [1.54, 1.807) is 12.1 Å². The molecule has 21 nitrogen and oxygen atoms in total. The second kappa shape index (κ2) is 25.2. The lowest BCUT2D eigenvalue weighted by molar-refractivity contribution is -0.384. The van der Waals surface area contributed by atoms with Gasteiger partial charge in [0, 0.05) is 32.1 Å². The molecule has 0 saturated heterocycles. The number of amides is 6. The van der Waals surface area contributed by atoms with E-state index in [1.807, 2.05) is 13.8 Å². The van der Waals surface area contributed by atoms with E-state index in [2.05, 4.69) is 26.6 Å². The van der Waals surface area contributed by atoms with Crippen molar-refractivity contribution in [2.24, 2.45) is 28.9 Å². The zero-order valence-corrected chi connectivity index (χ0v) is 34.3. The number of carbonyl (C=O) groups is 6. The number of unbranched alkanes of at least 4 members (excludes halogenated alkanes) is 1. The highest BCUT2D eigenvalue weighted by atomic mass is 16.6. The SMILES string of the molecule is CC(C)C[C@H](NC(=O)[C@H](Cc1ccc([N+](=O)[O-])cc1)NC(=O)CN(C)C(=O)[C@@H](N)Cc1ccc(O)cc1)C(=O)N[C@H](CCCCN)C(=O)N[C@H](CCCNC(=N)N)C(N)=O. The normalized spacial score (nSPS) is 13.4. The third-order valence-corrected chi connectivity index (χ3v) is 9.27. The summed E-state index contributed by atoms with van der Waals surface area (Å²) >= 11 is 0. The van der Waals surface area contributed by atoms with Gasteiger partial charge in [-0.1, -0.05) is 38.1 Å². The largest absolute Gasteiger partial charge is 0.508 e. The van der Waals surface area contributed by atoms with Crippen molar-refractivity contribution >= 4 is 47.1 Å². The molecule has 0 spiro atoms. The van der Waals surface area contributed by atoms with Crippen molar-refractivity contribution in [1.29, 1.82) is 5.41 Å². The van der Waals surface area contributed by atoms with Crippen molar-refractivity contribution in [2.45, 2.75) is 95.4 Å². The lowest BCUT2D eigenvalue weighted by atomic mass is 10.00. The van der Waals surface area contributed by atoms with Crippen molar-refractivity contribution in [3.63, 3.8) is 0 Å². The van der Waals surface area contributed by atoms with Gasteiger partial charge >= 0.3 is 0 Å². The lowest BCUT2D eigenvalue weighted by Crippen LogP contribution is -2.59. The molecule has 0 unspecified atom stereocenters. The van der Waals surface area contributed by atoms with Crippen LogP contribution in [0.1, 0.15) is 63.5 Å². The van der Waals surface area contributed by atoms with Crippen LogP contribution in [-0.4, -0.2) is 113 Å². The highest BCUT2D eigenvalue weighted by Crippen LogP contribution is 2.15. The fourth-order valence-corrected chi connectivity index (χ4v) is 6.08. The highest BCUT2D eigenvalue weighted by Gasteiger charge is 2.32. The number of hydrogen-bond acceptors (Lipinski definition) is 12. The molecule has 2 rings (SSSR count). The van der Waals surface area contributed by atoms with Crippen molar-refractivity contribution in [1.82, 2.24) is 31.5 Å². The number of likely N-dealkylation sites (N-methyl/N-ethyl adjacent to an activating group) is 1. The minimum Gasteiger partial charge on any atom is -0.508 e. The van der Waals surface area contributed by atoms with Crippen LogP contribution in [0.2, 0.25) is 0 Å². The molecule has 0 saturated carbocycles. The molecule has 0 aliphatic carbocycles. The number of nitro groups is 1. The number of guanidine groups is 1. The Morgan fingerprint density at radius 1 is 0.783 bits per heavy atom. The average Bonchev–Trinajstić information content (AvgIpc) is 3.18. The highest BCUT2D eigenvalue weighted by molar-refractivity contribution is 5.96. The van der Waals surface area contributed by atoms with Crippen molar-refractivity contribution in [3.8, 4) is 5.75 Å². The van der Waals surface area contributed by atoms with Crippen LogP contribution in [0.5, 0.6) is 5.75 Å². The molecule has 60 heavy (non-hydrogen) atoms. The second-order valence-corrected chi connectivity index (χ2v) is 14.9. The number of phenols is 1. The Morgan fingerprint density at radius 3 is 1.88 bits per heavy atom. The van der Waals surface area contributed by atoms with Crippen LogP contribution >= 0.6 is 0 Å². The number of carbonyl (C=O) groups excluding carboxylic acids is 6. The van der Waals surface area contributed by atoms with Gasteiger partial charge < -0.3 is 59.5 Å². The van der Waals surface area contributed by atoms with Crippen LogP contribution in [-0.2, 0) is 41.6 Å². The summed E-state index contributed by atoms with van der Waals surface area (Å²) in [6.07, 6.45) is 1.61. The van der Waals surface area contributed by atoms with Gasteiger partial charge in [0.05, 0.1) is 17.5 Å². The Hall–Kier alpha value is -6.35. The fraction of sp³-hybridized carbons (Fsp3) is 0.513. The van der Waals surface area contributed by atoms with Gasteiger partial charge in [0.2, 0.25) is 35.4 Å². The molecule has 0 aromatic heterocycles. The first kappa shape index (κ1) is 49.8. The van der Waals surface area contributed by atoms with E-state index >= 15 is 0 Å². The van der Waals surface area contributed by atoms with Gasteiger partial charge in [-0.2, -0.15) is 0 Å². The first-order valence-corrected chi connectivity index (χ1v) is 19.6. The Balaban J connectivity index is 2.30. The fourth-order valence-electron chi connectivity index (χ4n) is 6.08. The molecule has 21 heteroatoms. The van der Waals surface area contributed by atoms with Gasteiger partial charge in [0.25, 0.3) is 5.69 Å². The molecule has 0 radical (unpaired) electrons. The minimum absolute atomic E-state index is 0.0458. The van der Waals surface area contributed by atoms with Gasteiger partial charge in [-0.3, -0.25) is 44.3 Å². The molecule has 0 aliphatic rings. The zero-order valence-electron chi connectivity index (χ0n) is 34.3. The van der Waals surface area contributed by atoms with E-state index in [9.17, 15) is 44.0 Å². The predicted molar refractivity (Wildman–Crippen MR) is 223 cm³/mol. The number of non-ortho nitro benzene ring substituents is 1. The predicted octanol–water partition coefficient (Wildman–Crippen LogP) is -1.27. The summed E-state index contributed by atoms with van der Waals surface area (Å²) in [4.78, 5) is 91.9. The molecule has 6 amide bonds. The van der Waals surface area contributed by atoms with Crippen LogP contribution in [0.3, 0.4) is 0 Å². The number of aromatic hydroxyl groups is 1. The first-order valence-electron chi connectivity index (χ1n) is 19.6. The number of primary amides is 1.